The molecule has 0 radical (unpaired) electrons. The van der Waals surface area contributed by atoms with E-state index in [1.807, 2.05) is 18.0 Å². The number of benzene rings is 1. The molecule has 0 saturated carbocycles. The highest BCUT2D eigenvalue weighted by Gasteiger charge is 2.37. The van der Waals surface area contributed by atoms with E-state index in [-0.39, 0.29) is 30.7 Å². The smallest absolute Gasteiger partial charge is 0.319 e. The fraction of sp³-hybridized carbons (Fsp3) is 0.714. The van der Waals surface area contributed by atoms with Crippen molar-refractivity contribution in [1.29, 1.82) is 0 Å². The predicted molar refractivity (Wildman–Crippen MR) is 142 cm³/mol. The minimum atomic E-state index is 0.1000. The van der Waals surface area contributed by atoms with Gasteiger partial charge in [-0.2, -0.15) is 0 Å². The van der Waals surface area contributed by atoms with Gasteiger partial charge in [-0.1, -0.05) is 26.7 Å². The van der Waals surface area contributed by atoms with Crippen LogP contribution in [0.1, 0.15) is 63.9 Å². The molecule has 2 atom stereocenters. The summed E-state index contributed by atoms with van der Waals surface area (Å²) in [7, 11) is 3.50. The summed E-state index contributed by atoms with van der Waals surface area (Å²) in [6, 6.07) is 4.44. The molecule has 0 aliphatic carbocycles. The molecule has 3 aliphatic heterocycles. The standard InChI is InChI=1S/C28H44N4O5/c1-5-7-10-30(11-8-6-2)26(33)19-32-18-22(15-23(32)9-12-31-14-13-29(3)28(31)34)21-16-24(35-4)27-25(17-21)36-20-37-27/h16-17,22-23H,5-15,18-20H2,1-4H3/t22?,23-/m0/s1. The largest absolute Gasteiger partial charge is 0.493 e. The summed E-state index contributed by atoms with van der Waals surface area (Å²) in [4.78, 5) is 34.0. The molecule has 2 saturated heterocycles. The average molecular weight is 517 g/mol. The fourth-order valence-electron chi connectivity index (χ4n) is 5.65. The lowest BCUT2D eigenvalue weighted by Crippen LogP contribution is -2.44. The number of hydrogen-bond donors (Lipinski definition) is 0. The van der Waals surface area contributed by atoms with Crippen LogP contribution in [0.15, 0.2) is 12.1 Å². The number of ether oxygens (including phenoxy) is 3. The number of rotatable bonds is 13. The number of nitrogens with zero attached hydrogens (tertiary/aromatic N) is 4. The van der Waals surface area contributed by atoms with Gasteiger partial charge in [0.1, 0.15) is 0 Å². The number of likely N-dealkylation sites (tertiary alicyclic amines) is 1. The van der Waals surface area contributed by atoms with Crippen molar-refractivity contribution in [3.05, 3.63) is 17.7 Å². The Balaban J connectivity index is 1.49. The van der Waals surface area contributed by atoms with E-state index in [0.717, 1.165) is 82.6 Å². The van der Waals surface area contributed by atoms with Gasteiger partial charge in [0.05, 0.1) is 13.7 Å². The Morgan fingerprint density at radius 2 is 1.89 bits per heavy atom. The molecule has 1 aromatic carbocycles. The van der Waals surface area contributed by atoms with Crippen molar-refractivity contribution in [1.82, 2.24) is 19.6 Å². The Kier molecular flexibility index (Phi) is 9.40. The van der Waals surface area contributed by atoms with Gasteiger partial charge in [0, 0.05) is 52.4 Å². The maximum atomic E-state index is 13.5. The van der Waals surface area contributed by atoms with Gasteiger partial charge >= 0.3 is 6.03 Å². The lowest BCUT2D eigenvalue weighted by molar-refractivity contribution is -0.132. The number of amides is 3. The van der Waals surface area contributed by atoms with Gasteiger partial charge in [-0.05, 0) is 49.3 Å². The summed E-state index contributed by atoms with van der Waals surface area (Å²) in [5.74, 6) is 2.53. The van der Waals surface area contributed by atoms with Crippen LogP contribution >= 0.6 is 0 Å². The number of urea groups is 1. The van der Waals surface area contributed by atoms with Crippen LogP contribution in [0, 0.1) is 0 Å². The predicted octanol–water partition coefficient (Wildman–Crippen LogP) is 3.77. The molecule has 3 aliphatic rings. The van der Waals surface area contributed by atoms with Crippen molar-refractivity contribution in [2.75, 3.05) is 66.8 Å². The maximum absolute atomic E-state index is 13.5. The number of methoxy groups -OCH3 is 1. The number of likely N-dealkylation sites (N-methyl/N-ethyl adjacent to an activating group) is 1. The van der Waals surface area contributed by atoms with Gasteiger partial charge in [0.15, 0.2) is 11.5 Å². The van der Waals surface area contributed by atoms with Crippen molar-refractivity contribution < 1.29 is 23.8 Å². The monoisotopic (exact) mass is 516 g/mol. The van der Waals surface area contributed by atoms with E-state index < -0.39 is 0 Å². The first-order chi connectivity index (χ1) is 17.9. The Labute approximate surface area is 221 Å². The van der Waals surface area contributed by atoms with E-state index in [2.05, 4.69) is 29.7 Å². The number of fused-ring (bicyclic) bond motifs is 1. The van der Waals surface area contributed by atoms with Gasteiger partial charge in [0.2, 0.25) is 18.4 Å². The van der Waals surface area contributed by atoms with E-state index in [1.54, 1.807) is 12.0 Å². The van der Waals surface area contributed by atoms with Crippen LogP contribution in [-0.2, 0) is 4.79 Å². The van der Waals surface area contributed by atoms with Crippen molar-refractivity contribution in [3.8, 4) is 17.2 Å². The molecule has 206 valence electrons. The Hall–Kier alpha value is -2.68. The zero-order valence-electron chi connectivity index (χ0n) is 23.0. The van der Waals surface area contributed by atoms with Crippen LogP contribution in [0.2, 0.25) is 0 Å². The van der Waals surface area contributed by atoms with Crippen LogP contribution in [-0.4, -0.2) is 104 Å². The first-order valence-electron chi connectivity index (χ1n) is 13.9. The molecule has 4 rings (SSSR count). The highest BCUT2D eigenvalue weighted by Crippen LogP contribution is 2.45. The normalized spacial score (nSPS) is 21.2. The average Bonchev–Trinajstić information content (AvgIpc) is 3.62. The SMILES string of the molecule is CCCCN(CCCC)C(=O)CN1CC(c2cc(OC)c3c(c2)OCO3)C[C@@H]1CCN1CCN(C)C1=O. The molecule has 0 N–H and O–H groups in total. The Morgan fingerprint density at radius 1 is 1.14 bits per heavy atom. The fourth-order valence-corrected chi connectivity index (χ4v) is 5.65. The van der Waals surface area contributed by atoms with Crippen molar-refractivity contribution in [2.24, 2.45) is 0 Å². The number of unbranched alkanes of at least 4 members (excludes halogenated alkanes) is 2. The molecular weight excluding hydrogens is 472 g/mol. The first-order valence-corrected chi connectivity index (χ1v) is 13.9. The third kappa shape index (κ3) is 6.43. The van der Waals surface area contributed by atoms with Crippen LogP contribution in [0.3, 0.4) is 0 Å². The summed E-state index contributed by atoms with van der Waals surface area (Å²) < 4.78 is 16.9. The van der Waals surface area contributed by atoms with Crippen molar-refractivity contribution >= 4 is 11.9 Å². The second kappa shape index (κ2) is 12.7. The summed E-state index contributed by atoms with van der Waals surface area (Å²) in [6.07, 6.45) is 6.00. The van der Waals surface area contributed by atoms with Gasteiger partial charge < -0.3 is 28.9 Å². The highest BCUT2D eigenvalue weighted by molar-refractivity contribution is 5.78. The van der Waals surface area contributed by atoms with E-state index in [0.29, 0.717) is 24.6 Å². The quantitative estimate of drug-likeness (QED) is 0.397. The molecule has 9 nitrogen and oxygen atoms in total. The molecule has 9 heteroatoms. The highest BCUT2D eigenvalue weighted by atomic mass is 16.7. The van der Waals surface area contributed by atoms with E-state index >= 15 is 0 Å². The second-order valence-electron chi connectivity index (χ2n) is 10.5. The van der Waals surface area contributed by atoms with Crippen LogP contribution in [0.25, 0.3) is 0 Å². The molecule has 3 heterocycles. The molecule has 37 heavy (non-hydrogen) atoms. The van der Waals surface area contributed by atoms with Gasteiger partial charge in [-0.3, -0.25) is 9.69 Å². The van der Waals surface area contributed by atoms with Gasteiger partial charge in [-0.15, -0.1) is 0 Å². The van der Waals surface area contributed by atoms with Crippen molar-refractivity contribution in [3.63, 3.8) is 0 Å². The lowest BCUT2D eigenvalue weighted by atomic mass is 9.94. The molecule has 0 spiro atoms. The third-order valence-electron chi connectivity index (χ3n) is 7.97. The number of carbonyl (C=O) groups is 2. The topological polar surface area (TPSA) is 74.8 Å². The zero-order chi connectivity index (χ0) is 26.4. The Bertz CT molecular complexity index is 933. The first kappa shape index (κ1) is 27.4. The lowest BCUT2D eigenvalue weighted by Gasteiger charge is -2.29. The molecule has 3 amide bonds. The summed E-state index contributed by atoms with van der Waals surface area (Å²) in [5, 5.41) is 0. The zero-order valence-corrected chi connectivity index (χ0v) is 23.0. The van der Waals surface area contributed by atoms with Crippen molar-refractivity contribution in [2.45, 2.75) is 64.3 Å². The molecule has 1 aromatic rings. The molecule has 2 fully saturated rings. The van der Waals surface area contributed by atoms with Crippen LogP contribution in [0.5, 0.6) is 17.2 Å². The summed E-state index contributed by atoms with van der Waals surface area (Å²) >= 11 is 0. The maximum Gasteiger partial charge on any atom is 0.319 e. The van der Waals surface area contributed by atoms with E-state index in [9.17, 15) is 9.59 Å². The summed E-state index contributed by atoms with van der Waals surface area (Å²) in [6.45, 7) is 9.65. The van der Waals surface area contributed by atoms with Gasteiger partial charge in [0.25, 0.3) is 0 Å². The molecular formula is C28H44N4O5. The van der Waals surface area contributed by atoms with E-state index in [1.165, 1.54) is 0 Å². The van der Waals surface area contributed by atoms with Gasteiger partial charge in [-0.25, -0.2) is 4.79 Å². The third-order valence-corrected chi connectivity index (χ3v) is 7.97. The van der Waals surface area contributed by atoms with Crippen LogP contribution in [0.4, 0.5) is 4.79 Å². The van der Waals surface area contributed by atoms with E-state index in [4.69, 9.17) is 14.2 Å². The molecule has 0 bridgehead atoms. The number of carbonyl (C=O) groups excluding carboxylic acids is 2. The second-order valence-corrected chi connectivity index (χ2v) is 10.5. The molecule has 1 unspecified atom stereocenters. The minimum absolute atomic E-state index is 0.1000. The number of hydrogen-bond acceptors (Lipinski definition) is 6. The van der Waals surface area contributed by atoms with Crippen LogP contribution < -0.4 is 14.2 Å². The Morgan fingerprint density at radius 3 is 2.54 bits per heavy atom. The summed E-state index contributed by atoms with van der Waals surface area (Å²) in [5.41, 5.74) is 1.15. The minimum Gasteiger partial charge on any atom is -0.493 e. The molecule has 0 aromatic heterocycles.